The van der Waals surface area contributed by atoms with Crippen molar-refractivity contribution >= 4 is 67.1 Å². The minimum absolute atomic E-state index is 0.760. The number of ether oxygens (including phenoxy) is 2. The van der Waals surface area contributed by atoms with Crippen molar-refractivity contribution in [3.8, 4) is 33.8 Å². The Morgan fingerprint density at radius 1 is 0.315 bits per heavy atom. The van der Waals surface area contributed by atoms with Crippen molar-refractivity contribution < 1.29 is 9.47 Å². The maximum Gasteiger partial charge on any atom is 0.119 e. The molecule has 0 bridgehead atoms. The van der Waals surface area contributed by atoms with E-state index in [-0.39, 0.29) is 0 Å². The van der Waals surface area contributed by atoms with Crippen molar-refractivity contribution in [2.75, 3.05) is 35.1 Å². The minimum atomic E-state index is 0.760. The van der Waals surface area contributed by atoms with Crippen molar-refractivity contribution in [2.45, 2.75) is 27.7 Å². The fourth-order valence-electron chi connectivity index (χ4n) is 8.11. The average molecular weight is 1020 g/mol. The number of benzene rings is 10. The second-order valence-electron chi connectivity index (χ2n) is 17.8. The Labute approximate surface area is 440 Å². The summed E-state index contributed by atoms with van der Waals surface area (Å²) in [6, 6.07) is 84.4. The highest BCUT2D eigenvalue weighted by molar-refractivity contribution is 9.10. The van der Waals surface area contributed by atoms with Gasteiger partial charge in [-0.2, -0.15) is 0 Å². The van der Waals surface area contributed by atoms with E-state index >= 15 is 0 Å². The van der Waals surface area contributed by atoms with E-state index in [1.165, 1.54) is 44.5 Å². The van der Waals surface area contributed by atoms with Crippen LogP contribution in [0.3, 0.4) is 0 Å². The second kappa shape index (κ2) is 24.5. The third kappa shape index (κ3) is 13.9. The molecule has 7 heteroatoms. The predicted molar refractivity (Wildman–Crippen MR) is 313 cm³/mol. The minimum Gasteiger partial charge on any atom is -0.497 e. The summed E-state index contributed by atoms with van der Waals surface area (Å²) in [6.07, 6.45) is 0. The Bertz CT molecular complexity index is 3160. The highest BCUT2D eigenvalue weighted by Crippen LogP contribution is 2.38. The Morgan fingerprint density at radius 2 is 0.548 bits per heavy atom. The van der Waals surface area contributed by atoms with Crippen LogP contribution >= 0.6 is 15.9 Å². The number of hydrogen-bond donors (Lipinski definition) is 2. The molecule has 0 aromatic heterocycles. The molecule has 0 saturated heterocycles. The Balaban J connectivity index is 0.000000170. The Hall–Kier alpha value is -8.52. The number of nitrogens with one attached hydrogen (secondary N) is 1. The summed E-state index contributed by atoms with van der Waals surface area (Å²) in [7, 11) is 3.31. The van der Waals surface area contributed by atoms with Gasteiger partial charge in [-0.3, -0.25) is 0 Å². The number of nitrogens with two attached hydrogens (primary N) is 1. The lowest BCUT2D eigenvalue weighted by Crippen LogP contribution is -2.09. The molecule has 0 saturated carbocycles. The molecule has 0 spiro atoms. The topological polar surface area (TPSA) is 63.0 Å². The monoisotopic (exact) mass is 1020 g/mol. The number of nitrogen functional groups attached to an aromatic ring is 1. The second-order valence-corrected chi connectivity index (χ2v) is 18.7. The molecule has 73 heavy (non-hydrogen) atoms. The van der Waals surface area contributed by atoms with Crippen LogP contribution in [0.1, 0.15) is 22.3 Å². The van der Waals surface area contributed by atoms with Gasteiger partial charge in [-0.15, -0.1) is 0 Å². The summed E-state index contributed by atoms with van der Waals surface area (Å²) in [5.74, 6) is 1.69. The highest BCUT2D eigenvalue weighted by atomic mass is 79.9. The number of nitrogens with zero attached hydrogens (tertiary/aromatic N) is 2. The van der Waals surface area contributed by atoms with Gasteiger partial charge in [0.1, 0.15) is 11.5 Å². The first-order chi connectivity index (χ1) is 35.5. The maximum atomic E-state index is 5.43. The van der Waals surface area contributed by atoms with Crippen molar-refractivity contribution in [3.05, 3.63) is 269 Å². The van der Waals surface area contributed by atoms with Crippen molar-refractivity contribution in [2.24, 2.45) is 0 Å². The first-order valence-electron chi connectivity index (χ1n) is 24.3. The van der Waals surface area contributed by atoms with E-state index in [0.29, 0.717) is 0 Å². The third-order valence-corrected chi connectivity index (χ3v) is 12.8. The van der Waals surface area contributed by atoms with Crippen LogP contribution in [0.25, 0.3) is 22.3 Å². The number of anilines is 9. The number of halogens is 1. The summed E-state index contributed by atoms with van der Waals surface area (Å²) in [6.45, 7) is 8.47. The smallest absolute Gasteiger partial charge is 0.119 e. The van der Waals surface area contributed by atoms with E-state index in [4.69, 9.17) is 15.2 Å². The predicted octanol–water partition coefficient (Wildman–Crippen LogP) is 18.7. The number of methoxy groups -OCH3 is 2. The summed E-state index contributed by atoms with van der Waals surface area (Å²) in [4.78, 5) is 4.59. The van der Waals surface area contributed by atoms with Crippen molar-refractivity contribution in [1.82, 2.24) is 0 Å². The first-order valence-corrected chi connectivity index (χ1v) is 25.1. The first kappa shape index (κ1) is 50.9. The van der Waals surface area contributed by atoms with Gasteiger partial charge >= 0.3 is 0 Å². The van der Waals surface area contributed by atoms with E-state index < -0.39 is 0 Å². The van der Waals surface area contributed by atoms with E-state index in [0.717, 1.165) is 67.2 Å². The molecular formula is C66H61BrN4O2. The highest BCUT2D eigenvalue weighted by Gasteiger charge is 2.14. The van der Waals surface area contributed by atoms with Gasteiger partial charge in [-0.1, -0.05) is 135 Å². The van der Waals surface area contributed by atoms with Crippen LogP contribution in [-0.4, -0.2) is 14.2 Å². The SMILES string of the molecule is COc1ccc(N)cc1.COc1ccc(Nc2ccc(-c3ccc(N(c4ccc(C)cc4)c4ccc(C)cc4)cc3)cc2)cc1.Cc1ccc(N(c2ccc(C)cc2)c2ccc(-c3ccc(Br)cc3)cc2)cc1. The van der Waals surface area contributed by atoms with Crippen molar-refractivity contribution in [1.29, 1.82) is 0 Å². The molecule has 10 aromatic rings. The zero-order valence-corrected chi connectivity index (χ0v) is 43.8. The van der Waals surface area contributed by atoms with Crippen LogP contribution in [0.2, 0.25) is 0 Å². The quantitative estimate of drug-likeness (QED) is 0.119. The van der Waals surface area contributed by atoms with Crippen LogP contribution in [0.5, 0.6) is 11.5 Å². The van der Waals surface area contributed by atoms with E-state index in [1.54, 1.807) is 26.4 Å². The fraction of sp³-hybridized carbons (Fsp3) is 0.0909. The molecule has 10 aromatic carbocycles. The molecule has 0 amide bonds. The number of rotatable bonds is 12. The maximum absolute atomic E-state index is 5.43. The van der Waals surface area contributed by atoms with Gasteiger partial charge < -0.3 is 30.3 Å². The van der Waals surface area contributed by atoms with Gasteiger partial charge in [-0.25, -0.2) is 0 Å². The lowest BCUT2D eigenvalue weighted by molar-refractivity contribution is 0.415. The summed E-state index contributed by atoms with van der Waals surface area (Å²) >= 11 is 3.50. The van der Waals surface area contributed by atoms with Gasteiger partial charge in [0.05, 0.1) is 14.2 Å². The molecule has 0 fully saturated rings. The molecule has 0 unspecified atom stereocenters. The molecule has 0 aliphatic heterocycles. The Kier molecular flexibility index (Phi) is 17.1. The number of aryl methyl sites for hydroxylation is 4. The largest absolute Gasteiger partial charge is 0.497 e. The van der Waals surface area contributed by atoms with Crippen LogP contribution < -0.4 is 30.3 Å². The van der Waals surface area contributed by atoms with Gasteiger partial charge in [0.2, 0.25) is 0 Å². The molecule has 0 aliphatic rings. The summed E-state index contributed by atoms with van der Waals surface area (Å²) in [5, 5.41) is 3.44. The lowest BCUT2D eigenvalue weighted by atomic mass is 10.0. The zero-order valence-electron chi connectivity index (χ0n) is 42.3. The normalized spacial score (nSPS) is 10.5. The van der Waals surface area contributed by atoms with Crippen LogP contribution in [0.15, 0.2) is 247 Å². The molecule has 10 rings (SSSR count). The average Bonchev–Trinajstić information content (AvgIpc) is 3.43. The number of hydrogen-bond acceptors (Lipinski definition) is 6. The summed E-state index contributed by atoms with van der Waals surface area (Å²) in [5.41, 5.74) is 25.0. The summed E-state index contributed by atoms with van der Waals surface area (Å²) < 4.78 is 11.2. The molecule has 0 heterocycles. The fourth-order valence-corrected chi connectivity index (χ4v) is 8.37. The zero-order chi connectivity index (χ0) is 51.1. The standard InChI is InChI=1S/C33H30N2O.C26H22BrN.C7H9NO/c1-24-4-16-30(17-5-24)35(31-18-6-25(2)7-19-31)32-20-10-27(11-21-32)26-8-12-28(13-9-26)34-29-14-22-33(36-3)23-15-29;1-19-3-13-24(14-4-19)28(25-15-5-20(2)6-16-25)26-17-9-22(10-18-26)21-7-11-23(27)12-8-21;1-9-7-4-2-6(8)3-5-7/h4-23,34H,1-3H3;3-18H,1-2H3;2-5H,8H2,1H3. The van der Waals surface area contributed by atoms with Gasteiger partial charge in [0.25, 0.3) is 0 Å². The molecule has 6 nitrogen and oxygen atoms in total. The Morgan fingerprint density at radius 3 is 0.836 bits per heavy atom. The van der Waals surface area contributed by atoms with Crippen LogP contribution in [-0.2, 0) is 0 Å². The molecule has 364 valence electrons. The van der Waals surface area contributed by atoms with E-state index in [1.807, 2.05) is 36.4 Å². The van der Waals surface area contributed by atoms with Gasteiger partial charge in [-0.05, 0) is 196 Å². The van der Waals surface area contributed by atoms with Gasteiger partial charge in [0.15, 0.2) is 0 Å². The van der Waals surface area contributed by atoms with E-state index in [2.05, 4.69) is 253 Å². The lowest BCUT2D eigenvalue weighted by Gasteiger charge is -2.26. The third-order valence-electron chi connectivity index (χ3n) is 12.3. The molecular weight excluding hydrogens is 961 g/mol. The molecule has 3 N–H and O–H groups in total. The van der Waals surface area contributed by atoms with Gasteiger partial charge in [0, 0.05) is 55.7 Å². The van der Waals surface area contributed by atoms with Crippen LogP contribution in [0.4, 0.5) is 51.2 Å². The molecule has 0 atom stereocenters. The van der Waals surface area contributed by atoms with Crippen LogP contribution in [0, 0.1) is 27.7 Å². The molecule has 0 radical (unpaired) electrons. The molecule has 0 aliphatic carbocycles. The van der Waals surface area contributed by atoms with Crippen molar-refractivity contribution in [3.63, 3.8) is 0 Å². The van der Waals surface area contributed by atoms with E-state index in [9.17, 15) is 0 Å².